The van der Waals surface area contributed by atoms with Crippen molar-refractivity contribution in [3.05, 3.63) is 12.0 Å². The van der Waals surface area contributed by atoms with Gasteiger partial charge in [-0.25, -0.2) is 0 Å². The Bertz CT molecular complexity index is 667. The van der Waals surface area contributed by atoms with Gasteiger partial charge >= 0.3 is 171 Å². The first kappa shape index (κ1) is 23.0. The van der Waals surface area contributed by atoms with Gasteiger partial charge in [-0.15, -0.1) is 0 Å². The summed E-state index contributed by atoms with van der Waals surface area (Å²) < 4.78 is 54.7. The number of imidazole rings is 1. The molecule has 14 heteroatoms. The van der Waals surface area contributed by atoms with Crippen molar-refractivity contribution < 1.29 is 46.3 Å². The summed E-state index contributed by atoms with van der Waals surface area (Å²) >= 11 is 7.03. The van der Waals surface area contributed by atoms with E-state index in [9.17, 15) is 13.2 Å². The van der Waals surface area contributed by atoms with E-state index in [1.54, 1.807) is 4.57 Å². The quantitative estimate of drug-likeness (QED) is 0.255. The predicted octanol–water partition coefficient (Wildman–Crippen LogP) is 3.40. The molecule has 146 valence electrons. The topological polar surface area (TPSA) is 57.9 Å². The molecule has 1 saturated carbocycles. The molecule has 1 heterocycles. The van der Waals surface area contributed by atoms with E-state index in [0.29, 0.717) is 21.3 Å². The third-order valence-electron chi connectivity index (χ3n) is 3.97. The van der Waals surface area contributed by atoms with Gasteiger partial charge in [0.05, 0.1) is 0 Å². The number of aliphatic imine (C=N–C) groups is 1. The molecule has 0 radical (unpaired) electrons. The Morgan fingerprint density at radius 3 is 2.73 bits per heavy atom. The molecule has 1 aliphatic rings. The molecule has 6 nitrogen and oxygen atoms in total. The molecule has 7 atom stereocenters. The fourth-order valence-electron chi connectivity index (χ4n) is 2.98. The monoisotopic (exact) mass is 618 g/mol. The summed E-state index contributed by atoms with van der Waals surface area (Å²) in [6.45, 7) is 4.94. The van der Waals surface area contributed by atoms with Crippen LogP contribution in [0.5, 0.6) is 0 Å². The first-order valence-electron chi connectivity index (χ1n) is 7.08. The average Bonchev–Trinajstić information content (AvgIpc) is 3.13. The molecule has 0 saturated heterocycles. The molecular weight excluding hydrogens is 603 g/mol. The van der Waals surface area contributed by atoms with E-state index < -0.39 is 37.1 Å². The molecular formula is C12H15ClF3N3O3P3W-. The Labute approximate surface area is 170 Å². The molecule has 1 aliphatic carbocycles. The fraction of sp³-hybridized carbons (Fsp3) is 0.583. The molecule has 0 N–H and O–H groups in total. The minimum atomic E-state index is -4.71. The van der Waals surface area contributed by atoms with Crippen LogP contribution in [0.1, 0.15) is 18.2 Å². The Morgan fingerprint density at radius 1 is 1.54 bits per heavy atom. The maximum atomic E-state index is 12.5. The van der Waals surface area contributed by atoms with Crippen LogP contribution in [0, 0.1) is 5.92 Å². The molecule has 0 aromatic carbocycles. The number of nitrogens with zero attached hydrogens (tertiary/aromatic N) is 3. The van der Waals surface area contributed by atoms with Gasteiger partial charge in [0.2, 0.25) is 0 Å². The second-order valence-corrected chi connectivity index (χ2v) is 9.54. The molecule has 3 unspecified atom stereocenters. The number of ether oxygens (including phenoxy) is 1. The fourth-order valence-corrected chi connectivity index (χ4v) is 4.92. The number of hydrogen-bond donors (Lipinski definition) is 0. The van der Waals surface area contributed by atoms with Gasteiger partial charge < -0.3 is 0 Å². The van der Waals surface area contributed by atoms with Crippen LogP contribution in [0.4, 0.5) is 19.0 Å². The molecule has 1 fully saturated rings. The summed E-state index contributed by atoms with van der Waals surface area (Å²) in [7, 11) is 4.54. The van der Waals surface area contributed by atoms with Crippen LogP contribution in [0.3, 0.4) is 0 Å². The molecule has 0 aliphatic heterocycles. The van der Waals surface area contributed by atoms with Gasteiger partial charge in [-0.1, -0.05) is 0 Å². The normalized spacial score (nSPS) is 26.7. The number of alkyl halides is 3. The van der Waals surface area contributed by atoms with Crippen molar-refractivity contribution in [2.45, 2.75) is 31.0 Å². The summed E-state index contributed by atoms with van der Waals surface area (Å²) in [6, 6.07) is -0.393. The third kappa shape index (κ3) is 5.39. The van der Waals surface area contributed by atoms with Crippen LogP contribution >= 0.6 is 38.5 Å². The summed E-state index contributed by atoms with van der Waals surface area (Å²) in [5.41, 5.74) is 0.437. The molecule has 1 aromatic heterocycles. The Kier molecular flexibility index (Phi) is 8.78. The molecule has 0 amide bonds. The van der Waals surface area contributed by atoms with Crippen LogP contribution < -0.4 is 0 Å². The Morgan fingerprint density at radius 2 is 2.23 bits per heavy atom. The van der Waals surface area contributed by atoms with E-state index in [1.807, 2.05) is 0 Å². The van der Waals surface area contributed by atoms with E-state index in [2.05, 4.69) is 33.1 Å². The van der Waals surface area contributed by atoms with Gasteiger partial charge in [-0.3, -0.25) is 0 Å². The second kappa shape index (κ2) is 9.94. The number of hydrogen-bond acceptors (Lipinski definition) is 5. The number of aromatic nitrogens is 2. The Balaban J connectivity index is 2.33. The van der Waals surface area contributed by atoms with Gasteiger partial charge in [0.1, 0.15) is 0 Å². The van der Waals surface area contributed by atoms with Crippen molar-refractivity contribution in [2.75, 3.05) is 6.61 Å². The van der Waals surface area contributed by atoms with Gasteiger partial charge in [0.25, 0.3) is 0 Å². The van der Waals surface area contributed by atoms with E-state index in [-0.39, 0.29) is 8.50 Å². The summed E-state index contributed by atoms with van der Waals surface area (Å²) in [5.74, 6) is -0.199. The van der Waals surface area contributed by atoms with Crippen molar-refractivity contribution in [1.82, 2.24) is 9.55 Å². The zero-order valence-corrected chi connectivity index (χ0v) is 20.0. The zero-order chi connectivity index (χ0) is 19.5. The first-order chi connectivity index (χ1) is 12.2. The molecule has 0 bridgehead atoms. The summed E-state index contributed by atoms with van der Waals surface area (Å²) in [6.07, 6.45) is -4.06. The van der Waals surface area contributed by atoms with Gasteiger partial charge in [-0.2, -0.15) is 0 Å². The summed E-state index contributed by atoms with van der Waals surface area (Å²) in [4.78, 5) is 7.94. The van der Waals surface area contributed by atoms with Crippen molar-refractivity contribution in [2.24, 2.45) is 10.9 Å². The molecule has 1 aromatic rings. The maximum absolute atomic E-state index is 12.5. The van der Waals surface area contributed by atoms with Crippen LogP contribution in [0.25, 0.3) is 0 Å². The van der Waals surface area contributed by atoms with Crippen molar-refractivity contribution in [1.29, 1.82) is 0 Å². The van der Waals surface area contributed by atoms with E-state index in [0.717, 1.165) is 19.4 Å². The van der Waals surface area contributed by atoms with Crippen molar-refractivity contribution >= 4 is 54.4 Å². The number of halogens is 4. The van der Waals surface area contributed by atoms with E-state index in [4.69, 9.17) is 27.4 Å². The van der Waals surface area contributed by atoms with Crippen LogP contribution in [0.15, 0.2) is 11.3 Å². The van der Waals surface area contributed by atoms with Crippen LogP contribution in [-0.2, 0) is 33.1 Å². The molecule has 2 rings (SSSR count). The standard InChI is InChI=1S/C12H15ClF3N3O3P3.W/c1-17-11-7(3-13)18-5-19(11)8-2-6(4-20-12(14,15)16)9(22-25-24)10(8)21-23;/h1,5-6,8-10,25H,2,4,23-24H2;/q-1;/t6-,8-,9-,10+;/m1./s1. The van der Waals surface area contributed by atoms with Crippen molar-refractivity contribution in [3.8, 4) is 0 Å². The third-order valence-corrected chi connectivity index (χ3v) is 5.97. The second-order valence-electron chi connectivity index (χ2n) is 5.35. The SMILES string of the molecule is [CH-]=Nc1c([C](Cl)=[W])ncn1[C@@H]1C[C@H](COC(F)(F)F)[C@@H](OPP)[C@H]1OP. The van der Waals surface area contributed by atoms with Gasteiger partial charge in [-0.05, 0) is 0 Å². The summed E-state index contributed by atoms with van der Waals surface area (Å²) in [5, 5.41) is 0. The van der Waals surface area contributed by atoms with Crippen molar-refractivity contribution in [3.63, 3.8) is 0 Å². The van der Waals surface area contributed by atoms with E-state index >= 15 is 0 Å². The molecule has 0 spiro atoms. The van der Waals surface area contributed by atoms with Gasteiger partial charge in [0, 0.05) is 0 Å². The molecule has 26 heavy (non-hydrogen) atoms. The van der Waals surface area contributed by atoms with Crippen LogP contribution in [-0.4, -0.2) is 44.8 Å². The number of rotatable bonds is 8. The average molecular weight is 618 g/mol. The Hall–Kier alpha value is 0.688. The van der Waals surface area contributed by atoms with Gasteiger partial charge in [0.15, 0.2) is 0 Å². The zero-order valence-electron chi connectivity index (χ0n) is 13.0. The first-order valence-corrected chi connectivity index (χ1v) is 12.1. The minimum absolute atomic E-state index is 0.000400. The predicted molar refractivity (Wildman–Crippen MR) is 97.0 cm³/mol. The van der Waals surface area contributed by atoms with Crippen LogP contribution in [0.2, 0.25) is 0 Å². The van der Waals surface area contributed by atoms with E-state index in [1.165, 1.54) is 6.33 Å².